The van der Waals surface area contributed by atoms with Gasteiger partial charge in [0.25, 0.3) is 0 Å². The number of hydrogen-bond acceptors (Lipinski definition) is 3. The molecule has 0 aromatic carbocycles. The number of nitrogens with zero attached hydrogens (tertiary/aromatic N) is 2. The molecule has 1 aliphatic rings. The van der Waals surface area contributed by atoms with Crippen LogP contribution in [0, 0.1) is 5.92 Å². The molecule has 1 aromatic heterocycles. The number of amides is 1. The smallest absolute Gasteiger partial charge is 0.433 e. The van der Waals surface area contributed by atoms with Gasteiger partial charge in [0.2, 0.25) is 11.8 Å². The van der Waals surface area contributed by atoms with Gasteiger partial charge in [-0.3, -0.25) is 4.79 Å². The maximum Gasteiger partial charge on any atom is 0.433 e. The zero-order chi connectivity index (χ0) is 16.3. The highest BCUT2D eigenvalue weighted by molar-refractivity contribution is 5.79. The maximum absolute atomic E-state index is 12.6. The highest BCUT2D eigenvalue weighted by Gasteiger charge is 2.36. The molecule has 122 valence electrons. The van der Waals surface area contributed by atoms with E-state index in [0.29, 0.717) is 13.1 Å². The van der Waals surface area contributed by atoms with E-state index in [1.165, 1.54) is 12.1 Å². The van der Waals surface area contributed by atoms with E-state index in [9.17, 15) is 18.0 Å². The second-order valence-corrected chi connectivity index (χ2v) is 5.36. The molecule has 0 atom stereocenters. The van der Waals surface area contributed by atoms with Crippen molar-refractivity contribution >= 4 is 5.91 Å². The molecule has 0 bridgehead atoms. The number of hydrogen-bond donors (Lipinski definition) is 0. The first-order valence-electron chi connectivity index (χ1n) is 7.34. The van der Waals surface area contributed by atoms with Gasteiger partial charge in [0.1, 0.15) is 11.8 Å². The minimum atomic E-state index is -4.49. The molecule has 0 saturated carbocycles. The first-order chi connectivity index (χ1) is 10.3. The van der Waals surface area contributed by atoms with E-state index in [4.69, 9.17) is 4.74 Å². The van der Waals surface area contributed by atoms with Crippen molar-refractivity contribution in [2.75, 3.05) is 13.1 Å². The van der Waals surface area contributed by atoms with E-state index in [1.807, 2.05) is 13.8 Å². The van der Waals surface area contributed by atoms with Crippen molar-refractivity contribution in [1.29, 1.82) is 0 Å². The summed E-state index contributed by atoms with van der Waals surface area (Å²) in [5.74, 6) is 0.0314. The van der Waals surface area contributed by atoms with Crippen molar-refractivity contribution in [2.45, 2.75) is 39.0 Å². The van der Waals surface area contributed by atoms with Crippen LogP contribution in [0.25, 0.3) is 0 Å². The van der Waals surface area contributed by atoms with Crippen molar-refractivity contribution in [3.63, 3.8) is 0 Å². The summed E-state index contributed by atoms with van der Waals surface area (Å²) in [6, 6.07) is 3.55. The Morgan fingerprint density at radius 1 is 1.36 bits per heavy atom. The molecule has 0 N–H and O–H groups in total. The van der Waals surface area contributed by atoms with E-state index in [0.717, 1.165) is 18.9 Å². The van der Waals surface area contributed by atoms with Crippen molar-refractivity contribution in [2.24, 2.45) is 5.92 Å². The lowest BCUT2D eigenvalue weighted by Gasteiger charge is -2.40. The number of alkyl halides is 3. The standard InChI is InChI=1S/C15H19F3N2O2/c1-3-10(4-2)14(21)20-8-11(9-20)22-13-7-5-6-12(19-13)15(16,17)18/h5-7,10-11H,3-4,8-9H2,1-2H3. The molecule has 0 unspecified atom stereocenters. The summed E-state index contributed by atoms with van der Waals surface area (Å²) in [5.41, 5.74) is -0.978. The summed E-state index contributed by atoms with van der Waals surface area (Å²) < 4.78 is 43.1. The summed E-state index contributed by atoms with van der Waals surface area (Å²) >= 11 is 0. The van der Waals surface area contributed by atoms with E-state index >= 15 is 0 Å². The molecule has 1 aliphatic heterocycles. The number of likely N-dealkylation sites (tertiary alicyclic amines) is 1. The minimum absolute atomic E-state index is 0.00707. The first-order valence-corrected chi connectivity index (χ1v) is 7.34. The van der Waals surface area contributed by atoms with Gasteiger partial charge in [-0.15, -0.1) is 0 Å². The van der Waals surface area contributed by atoms with Gasteiger partial charge in [-0.25, -0.2) is 4.98 Å². The van der Waals surface area contributed by atoms with Crippen molar-refractivity contribution < 1.29 is 22.7 Å². The van der Waals surface area contributed by atoms with Gasteiger partial charge in [0, 0.05) is 12.0 Å². The largest absolute Gasteiger partial charge is 0.471 e. The second-order valence-electron chi connectivity index (χ2n) is 5.36. The number of halogens is 3. The maximum atomic E-state index is 12.6. The number of ether oxygens (including phenoxy) is 1. The highest BCUT2D eigenvalue weighted by atomic mass is 19.4. The van der Waals surface area contributed by atoms with Crippen LogP contribution in [0.1, 0.15) is 32.4 Å². The van der Waals surface area contributed by atoms with Crippen LogP contribution >= 0.6 is 0 Å². The van der Waals surface area contributed by atoms with Crippen molar-refractivity contribution in [3.05, 3.63) is 23.9 Å². The Hall–Kier alpha value is -1.79. The molecule has 1 saturated heterocycles. The normalized spacial score (nSPS) is 15.8. The Kier molecular flexibility index (Phi) is 4.93. The molecule has 0 radical (unpaired) electrons. The molecular formula is C15H19F3N2O2. The zero-order valence-corrected chi connectivity index (χ0v) is 12.6. The van der Waals surface area contributed by atoms with E-state index < -0.39 is 11.9 Å². The second kappa shape index (κ2) is 6.54. The summed E-state index contributed by atoms with van der Waals surface area (Å²) in [6.07, 6.45) is -3.22. The third-order valence-corrected chi connectivity index (χ3v) is 3.80. The number of aromatic nitrogens is 1. The van der Waals surface area contributed by atoms with Gasteiger partial charge < -0.3 is 9.64 Å². The van der Waals surface area contributed by atoms with Crippen molar-refractivity contribution in [3.8, 4) is 5.88 Å². The molecule has 2 rings (SSSR count). The lowest BCUT2D eigenvalue weighted by Crippen LogP contribution is -2.57. The summed E-state index contributed by atoms with van der Waals surface area (Å²) in [4.78, 5) is 17.2. The van der Waals surface area contributed by atoms with Crippen LogP contribution in [0.3, 0.4) is 0 Å². The fourth-order valence-electron chi connectivity index (χ4n) is 2.40. The molecular weight excluding hydrogens is 297 g/mol. The van der Waals surface area contributed by atoms with Gasteiger partial charge in [0.05, 0.1) is 13.1 Å². The average Bonchev–Trinajstić information content (AvgIpc) is 2.43. The predicted octanol–water partition coefficient (Wildman–Crippen LogP) is 3.13. The summed E-state index contributed by atoms with van der Waals surface area (Å²) in [6.45, 7) is 4.72. The molecule has 4 nitrogen and oxygen atoms in total. The van der Waals surface area contributed by atoms with Gasteiger partial charge in [-0.2, -0.15) is 13.2 Å². The Bertz CT molecular complexity index is 524. The van der Waals surface area contributed by atoms with Gasteiger partial charge in [-0.05, 0) is 18.9 Å². The van der Waals surface area contributed by atoms with Crippen LogP contribution in [-0.2, 0) is 11.0 Å². The monoisotopic (exact) mass is 316 g/mol. The molecule has 7 heteroatoms. The average molecular weight is 316 g/mol. The lowest BCUT2D eigenvalue weighted by atomic mass is 9.99. The third-order valence-electron chi connectivity index (χ3n) is 3.80. The van der Waals surface area contributed by atoms with Crippen LogP contribution in [0.5, 0.6) is 5.88 Å². The Balaban J connectivity index is 1.89. The summed E-state index contributed by atoms with van der Waals surface area (Å²) in [5, 5.41) is 0. The molecule has 1 aromatic rings. The SMILES string of the molecule is CCC(CC)C(=O)N1CC(Oc2cccc(C(F)(F)F)n2)C1. The van der Waals surface area contributed by atoms with E-state index in [2.05, 4.69) is 4.98 Å². The van der Waals surface area contributed by atoms with Crippen LogP contribution < -0.4 is 4.74 Å². The fraction of sp³-hybridized carbons (Fsp3) is 0.600. The molecule has 1 fully saturated rings. The molecule has 0 aliphatic carbocycles. The fourth-order valence-corrected chi connectivity index (χ4v) is 2.40. The number of carbonyl (C=O) groups excluding carboxylic acids is 1. The van der Waals surface area contributed by atoms with Crippen molar-refractivity contribution in [1.82, 2.24) is 9.88 Å². The number of pyridine rings is 1. The molecule has 1 amide bonds. The van der Waals surface area contributed by atoms with Crippen LogP contribution in [-0.4, -0.2) is 35.0 Å². The zero-order valence-electron chi connectivity index (χ0n) is 12.6. The Labute approximate surface area is 127 Å². The highest BCUT2D eigenvalue weighted by Crippen LogP contribution is 2.29. The molecule has 22 heavy (non-hydrogen) atoms. The Morgan fingerprint density at radius 2 is 2.00 bits per heavy atom. The number of carbonyl (C=O) groups is 1. The van der Waals surface area contributed by atoms with Crippen LogP contribution in [0.15, 0.2) is 18.2 Å². The predicted molar refractivity (Wildman–Crippen MR) is 74.3 cm³/mol. The van der Waals surface area contributed by atoms with Crippen LogP contribution in [0.2, 0.25) is 0 Å². The Morgan fingerprint density at radius 3 is 2.55 bits per heavy atom. The quantitative estimate of drug-likeness (QED) is 0.838. The van der Waals surface area contributed by atoms with Crippen LogP contribution in [0.4, 0.5) is 13.2 Å². The lowest BCUT2D eigenvalue weighted by molar-refractivity contribution is -0.145. The van der Waals surface area contributed by atoms with E-state index in [1.54, 1.807) is 4.90 Å². The van der Waals surface area contributed by atoms with Gasteiger partial charge >= 0.3 is 6.18 Å². The third kappa shape index (κ3) is 3.69. The number of rotatable bonds is 5. The van der Waals surface area contributed by atoms with Gasteiger partial charge in [0.15, 0.2) is 0 Å². The topological polar surface area (TPSA) is 42.4 Å². The molecule has 0 spiro atoms. The summed E-state index contributed by atoms with van der Waals surface area (Å²) in [7, 11) is 0. The van der Waals surface area contributed by atoms with Gasteiger partial charge in [-0.1, -0.05) is 19.9 Å². The van der Waals surface area contributed by atoms with E-state index in [-0.39, 0.29) is 23.8 Å². The minimum Gasteiger partial charge on any atom is -0.471 e. The first kappa shape index (κ1) is 16.6. The molecule has 2 heterocycles.